The fraction of sp³-hybridized carbons (Fsp3) is 0.800. The Morgan fingerprint density at radius 2 is 1.53 bits per heavy atom. The van der Waals surface area contributed by atoms with E-state index < -0.39 is 0 Å². The first kappa shape index (κ1) is 21.5. The van der Waals surface area contributed by atoms with Gasteiger partial charge in [0.05, 0.1) is 12.0 Å². The Bertz CT molecular complexity index is 207. The van der Waals surface area contributed by atoms with Gasteiger partial charge in [-0.3, -0.25) is 0 Å². The Morgan fingerprint density at radius 1 is 1.06 bits per heavy atom. The van der Waals surface area contributed by atoms with Crippen LogP contribution in [0, 0.1) is 6.92 Å². The van der Waals surface area contributed by atoms with Gasteiger partial charge in [0.25, 0.3) is 0 Å². The second-order valence-corrected chi connectivity index (χ2v) is 2.99. The molecule has 0 aliphatic rings. The molecule has 0 atom stereocenters. The van der Waals surface area contributed by atoms with E-state index in [2.05, 4.69) is 30.4 Å². The number of nitrogens with zero attached hydrogens (tertiary/aromatic N) is 2. The van der Waals surface area contributed by atoms with E-state index in [-0.39, 0.29) is 0 Å². The highest BCUT2D eigenvalue weighted by atomic mass is 15.0. The molecule has 0 unspecified atom stereocenters. The van der Waals surface area contributed by atoms with Gasteiger partial charge >= 0.3 is 0 Å². The standard InChI is InChI=1S/C9H16N2.3C2H6/c1-4-5-6-9-8(2)10-7-11(9)3;3*1-2/h7H,4-6H2,1-3H3;3*1-2H3. The number of hydrogen-bond donors (Lipinski definition) is 0. The summed E-state index contributed by atoms with van der Waals surface area (Å²) in [6, 6.07) is 0. The predicted octanol–water partition coefficient (Wildman–Crippen LogP) is 5.15. The summed E-state index contributed by atoms with van der Waals surface area (Å²) in [7, 11) is 2.06. The van der Waals surface area contributed by atoms with Crippen LogP contribution in [0.25, 0.3) is 0 Å². The topological polar surface area (TPSA) is 17.8 Å². The Morgan fingerprint density at radius 3 is 1.82 bits per heavy atom. The molecule has 2 heteroatoms. The third-order valence-electron chi connectivity index (χ3n) is 2.04. The molecule has 1 rings (SSSR count). The fourth-order valence-electron chi connectivity index (χ4n) is 1.27. The van der Waals surface area contributed by atoms with Gasteiger partial charge in [0.1, 0.15) is 0 Å². The number of aromatic nitrogens is 2. The van der Waals surface area contributed by atoms with Gasteiger partial charge in [-0.15, -0.1) is 0 Å². The van der Waals surface area contributed by atoms with E-state index in [4.69, 9.17) is 0 Å². The Labute approximate surface area is 109 Å². The highest BCUT2D eigenvalue weighted by Crippen LogP contribution is 2.08. The first-order chi connectivity index (χ1) is 8.25. The zero-order valence-electron chi connectivity index (χ0n) is 13.6. The summed E-state index contributed by atoms with van der Waals surface area (Å²) in [6.07, 6.45) is 5.57. The van der Waals surface area contributed by atoms with Crippen molar-refractivity contribution in [3.8, 4) is 0 Å². The van der Waals surface area contributed by atoms with Gasteiger partial charge in [-0.05, 0) is 19.8 Å². The summed E-state index contributed by atoms with van der Waals surface area (Å²) < 4.78 is 2.12. The average Bonchev–Trinajstić information content (AvgIpc) is 2.74. The number of hydrogen-bond acceptors (Lipinski definition) is 1. The van der Waals surface area contributed by atoms with E-state index in [1.54, 1.807) is 0 Å². The van der Waals surface area contributed by atoms with Crippen LogP contribution in [0.4, 0.5) is 0 Å². The van der Waals surface area contributed by atoms with Crippen molar-refractivity contribution >= 4 is 0 Å². The summed E-state index contributed by atoms with van der Waals surface area (Å²) >= 11 is 0. The van der Waals surface area contributed by atoms with Crippen molar-refractivity contribution in [3.63, 3.8) is 0 Å². The number of rotatable bonds is 3. The van der Waals surface area contributed by atoms with Crippen LogP contribution >= 0.6 is 0 Å². The van der Waals surface area contributed by atoms with Crippen LogP contribution in [0.1, 0.15) is 72.7 Å². The van der Waals surface area contributed by atoms with Crippen LogP contribution in [0.5, 0.6) is 0 Å². The molecule has 0 amide bonds. The Balaban J connectivity index is -0.000000285. The first-order valence-electron chi connectivity index (χ1n) is 7.22. The second-order valence-electron chi connectivity index (χ2n) is 2.99. The SMILES string of the molecule is CC.CC.CC.CCCCc1c(C)ncn1C. The Kier molecular flexibility index (Phi) is 22.2. The lowest BCUT2D eigenvalue weighted by molar-refractivity contribution is 0.729. The van der Waals surface area contributed by atoms with E-state index in [1.807, 2.05) is 47.9 Å². The average molecular weight is 242 g/mol. The molecule has 0 spiro atoms. The van der Waals surface area contributed by atoms with Crippen molar-refractivity contribution < 1.29 is 0 Å². The third kappa shape index (κ3) is 10.1. The van der Waals surface area contributed by atoms with Gasteiger partial charge in [0.15, 0.2) is 0 Å². The van der Waals surface area contributed by atoms with Crippen molar-refractivity contribution in [1.29, 1.82) is 0 Å². The molecule has 0 saturated heterocycles. The van der Waals surface area contributed by atoms with Crippen LogP contribution in [0.15, 0.2) is 6.33 Å². The molecular formula is C15H34N2. The normalized spacial score (nSPS) is 7.82. The van der Waals surface area contributed by atoms with Crippen LogP contribution in [0.3, 0.4) is 0 Å². The summed E-state index contributed by atoms with van der Waals surface area (Å²) in [5, 5.41) is 0. The molecule has 0 fully saturated rings. The minimum absolute atomic E-state index is 1.17. The van der Waals surface area contributed by atoms with Crippen LogP contribution in [-0.4, -0.2) is 9.55 Å². The van der Waals surface area contributed by atoms with Crippen molar-refractivity contribution in [2.24, 2.45) is 7.05 Å². The molecule has 0 aliphatic heterocycles. The molecule has 0 aliphatic carbocycles. The van der Waals surface area contributed by atoms with E-state index in [0.29, 0.717) is 0 Å². The Hall–Kier alpha value is -0.790. The lowest BCUT2D eigenvalue weighted by atomic mass is 10.2. The van der Waals surface area contributed by atoms with Crippen molar-refractivity contribution in [3.05, 3.63) is 17.7 Å². The first-order valence-corrected chi connectivity index (χ1v) is 7.22. The fourth-order valence-corrected chi connectivity index (χ4v) is 1.27. The highest BCUT2D eigenvalue weighted by Gasteiger charge is 2.01. The van der Waals surface area contributed by atoms with Crippen LogP contribution < -0.4 is 0 Å². The van der Waals surface area contributed by atoms with Crippen molar-refractivity contribution in [2.45, 2.75) is 74.7 Å². The monoisotopic (exact) mass is 242 g/mol. The molecule has 2 nitrogen and oxygen atoms in total. The lowest BCUT2D eigenvalue weighted by Gasteiger charge is -2.01. The van der Waals surface area contributed by atoms with Crippen LogP contribution in [-0.2, 0) is 13.5 Å². The maximum atomic E-state index is 4.23. The zero-order chi connectivity index (χ0) is 14.3. The summed E-state index contributed by atoms with van der Waals surface area (Å²) in [6.45, 7) is 16.3. The predicted molar refractivity (Wildman–Crippen MR) is 80.6 cm³/mol. The van der Waals surface area contributed by atoms with Crippen molar-refractivity contribution in [1.82, 2.24) is 9.55 Å². The smallest absolute Gasteiger partial charge is 0.0948 e. The molecule has 0 radical (unpaired) electrons. The molecule has 1 aromatic heterocycles. The second kappa shape index (κ2) is 17.6. The molecule has 0 aromatic carbocycles. The molecule has 1 aromatic rings. The maximum Gasteiger partial charge on any atom is 0.0948 e. The zero-order valence-corrected chi connectivity index (χ0v) is 13.6. The summed E-state index contributed by atoms with van der Waals surface area (Å²) in [5.74, 6) is 0. The molecule has 1 heterocycles. The summed E-state index contributed by atoms with van der Waals surface area (Å²) in [4.78, 5) is 4.23. The minimum atomic E-state index is 1.17. The van der Waals surface area contributed by atoms with Gasteiger partial charge in [-0.1, -0.05) is 54.9 Å². The van der Waals surface area contributed by atoms with E-state index in [9.17, 15) is 0 Å². The van der Waals surface area contributed by atoms with E-state index >= 15 is 0 Å². The van der Waals surface area contributed by atoms with E-state index in [0.717, 1.165) is 0 Å². The highest BCUT2D eigenvalue weighted by molar-refractivity contribution is 5.10. The number of imidazole rings is 1. The van der Waals surface area contributed by atoms with Gasteiger partial charge in [-0.25, -0.2) is 4.98 Å². The van der Waals surface area contributed by atoms with Gasteiger partial charge in [-0.2, -0.15) is 0 Å². The molecular weight excluding hydrogens is 208 g/mol. The molecule has 0 N–H and O–H groups in total. The van der Waals surface area contributed by atoms with Gasteiger partial charge in [0.2, 0.25) is 0 Å². The summed E-state index contributed by atoms with van der Waals surface area (Å²) in [5.41, 5.74) is 2.56. The third-order valence-corrected chi connectivity index (χ3v) is 2.04. The lowest BCUT2D eigenvalue weighted by Crippen LogP contribution is -1.96. The minimum Gasteiger partial charge on any atom is -0.337 e. The van der Waals surface area contributed by atoms with E-state index in [1.165, 1.54) is 30.7 Å². The number of aryl methyl sites for hydroxylation is 2. The van der Waals surface area contributed by atoms with Crippen molar-refractivity contribution in [2.75, 3.05) is 0 Å². The quantitative estimate of drug-likeness (QED) is 0.716. The molecule has 17 heavy (non-hydrogen) atoms. The van der Waals surface area contributed by atoms with Gasteiger partial charge in [0, 0.05) is 12.7 Å². The van der Waals surface area contributed by atoms with Gasteiger partial charge < -0.3 is 4.57 Å². The van der Waals surface area contributed by atoms with Crippen LogP contribution in [0.2, 0.25) is 0 Å². The largest absolute Gasteiger partial charge is 0.337 e. The molecule has 0 bridgehead atoms. The maximum absolute atomic E-state index is 4.23. The molecule has 0 saturated carbocycles. The number of unbranched alkanes of at least 4 members (excludes halogenated alkanes) is 1. The molecule has 104 valence electrons.